The Bertz CT molecular complexity index is 901. The van der Waals surface area contributed by atoms with E-state index >= 15 is 0 Å². The highest BCUT2D eigenvalue weighted by Gasteiger charge is 2.24. The minimum atomic E-state index is 0.235. The number of methoxy groups -OCH3 is 1. The highest BCUT2D eigenvalue weighted by molar-refractivity contribution is 6.32. The maximum Gasteiger partial charge on any atom is 0.328 e. The zero-order chi connectivity index (χ0) is 23.0. The van der Waals surface area contributed by atoms with E-state index in [0.717, 1.165) is 32.2 Å². The van der Waals surface area contributed by atoms with E-state index in [-0.39, 0.29) is 12.1 Å². The number of nitrogens with zero attached hydrogens (tertiary/aromatic N) is 3. The lowest BCUT2D eigenvalue weighted by Gasteiger charge is -2.24. The molecule has 1 aromatic heterocycles. The number of benzene rings is 1. The first-order valence-electron chi connectivity index (χ1n) is 12.2. The summed E-state index contributed by atoms with van der Waals surface area (Å²) in [4.78, 5) is 13.9. The molecule has 0 spiro atoms. The maximum absolute atomic E-state index is 6.27. The molecule has 9 heteroatoms. The number of nitrogens with one attached hydrogen (secondary N) is 3. The molecule has 4 rings (SSSR count). The lowest BCUT2D eigenvalue weighted by molar-refractivity contribution is 0.410. The molecule has 0 bridgehead atoms. The van der Waals surface area contributed by atoms with Crippen LogP contribution in [-0.4, -0.2) is 46.7 Å². The van der Waals surface area contributed by atoms with Crippen LogP contribution in [0.5, 0.6) is 17.5 Å². The topological polar surface area (TPSA) is 93.2 Å². The molecule has 33 heavy (non-hydrogen) atoms. The number of aromatic nitrogens is 3. The van der Waals surface area contributed by atoms with Gasteiger partial charge >= 0.3 is 6.01 Å². The van der Waals surface area contributed by atoms with Gasteiger partial charge in [0.2, 0.25) is 11.9 Å². The van der Waals surface area contributed by atoms with E-state index in [0.29, 0.717) is 40.5 Å². The Hall–Kier alpha value is -2.32. The Kier molecular flexibility index (Phi) is 8.45. The molecule has 0 radical (unpaired) electrons. The standard InChI is InChI=1S/C24H35ClN6O2/c1-3-19(20-11-8-14-26-20)28-23-29-22(27-16-9-6-4-5-7-10-16)30-24(31-23)33-17-12-13-21(32-2)18(25)15-17/h12-13,15-16,19-20,26H,3-11,14H2,1-2H3,(H2,27,28,29,30,31). The van der Waals surface area contributed by atoms with Gasteiger partial charge in [0.25, 0.3) is 0 Å². The highest BCUT2D eigenvalue weighted by Crippen LogP contribution is 2.31. The molecule has 2 atom stereocenters. The second-order valence-corrected chi connectivity index (χ2v) is 9.27. The third kappa shape index (κ3) is 6.60. The number of ether oxygens (including phenoxy) is 2. The van der Waals surface area contributed by atoms with Crippen molar-refractivity contribution in [3.63, 3.8) is 0 Å². The maximum atomic E-state index is 6.27. The van der Waals surface area contributed by atoms with Crippen LogP contribution in [-0.2, 0) is 0 Å². The molecule has 1 aromatic carbocycles. The van der Waals surface area contributed by atoms with Crippen LogP contribution in [0.25, 0.3) is 0 Å². The zero-order valence-corrected chi connectivity index (χ0v) is 20.3. The molecule has 2 heterocycles. The van der Waals surface area contributed by atoms with Gasteiger partial charge in [-0.3, -0.25) is 0 Å². The summed E-state index contributed by atoms with van der Waals surface area (Å²) >= 11 is 6.27. The van der Waals surface area contributed by atoms with Crippen molar-refractivity contribution in [2.75, 3.05) is 24.3 Å². The van der Waals surface area contributed by atoms with E-state index in [4.69, 9.17) is 26.1 Å². The van der Waals surface area contributed by atoms with Crippen molar-refractivity contribution in [1.29, 1.82) is 0 Å². The Morgan fingerprint density at radius 1 is 1.06 bits per heavy atom. The third-order valence-corrected chi connectivity index (χ3v) is 6.77. The molecule has 2 aromatic rings. The highest BCUT2D eigenvalue weighted by atomic mass is 35.5. The van der Waals surface area contributed by atoms with Crippen molar-refractivity contribution in [1.82, 2.24) is 20.3 Å². The van der Waals surface area contributed by atoms with Crippen LogP contribution < -0.4 is 25.4 Å². The smallest absolute Gasteiger partial charge is 0.328 e. The molecule has 1 aliphatic heterocycles. The Labute approximate surface area is 201 Å². The van der Waals surface area contributed by atoms with Crippen LogP contribution in [0.4, 0.5) is 11.9 Å². The summed E-state index contributed by atoms with van der Waals surface area (Å²) in [5.74, 6) is 2.20. The van der Waals surface area contributed by atoms with Crippen molar-refractivity contribution in [3.8, 4) is 17.5 Å². The molecule has 8 nitrogen and oxygen atoms in total. The first-order chi connectivity index (χ1) is 16.1. The van der Waals surface area contributed by atoms with Crippen LogP contribution >= 0.6 is 11.6 Å². The van der Waals surface area contributed by atoms with Gasteiger partial charge in [-0.15, -0.1) is 0 Å². The lowest BCUT2D eigenvalue weighted by atomic mass is 10.0. The molecule has 2 unspecified atom stereocenters. The Morgan fingerprint density at radius 2 is 1.85 bits per heavy atom. The van der Waals surface area contributed by atoms with Crippen LogP contribution in [0.1, 0.15) is 64.7 Å². The summed E-state index contributed by atoms with van der Waals surface area (Å²) in [6, 6.07) is 6.51. The summed E-state index contributed by atoms with van der Waals surface area (Å²) in [6.07, 6.45) is 10.6. The molecule has 2 fully saturated rings. The average Bonchev–Trinajstić information content (AvgIpc) is 3.22. The molecule has 2 aliphatic rings. The molecule has 0 amide bonds. The number of halogens is 1. The van der Waals surface area contributed by atoms with Crippen molar-refractivity contribution in [2.24, 2.45) is 0 Å². The van der Waals surface area contributed by atoms with Gasteiger partial charge in [0.05, 0.1) is 12.1 Å². The van der Waals surface area contributed by atoms with Gasteiger partial charge in [-0.25, -0.2) is 0 Å². The third-order valence-electron chi connectivity index (χ3n) is 6.47. The normalized spacial score (nSPS) is 20.2. The summed E-state index contributed by atoms with van der Waals surface area (Å²) in [5.41, 5.74) is 0. The van der Waals surface area contributed by atoms with E-state index in [9.17, 15) is 0 Å². The number of anilines is 2. The number of hydrogen-bond acceptors (Lipinski definition) is 8. The second kappa shape index (κ2) is 11.7. The summed E-state index contributed by atoms with van der Waals surface area (Å²) in [5, 5.41) is 11.1. The van der Waals surface area contributed by atoms with Crippen molar-refractivity contribution in [2.45, 2.75) is 82.8 Å². The van der Waals surface area contributed by atoms with E-state index in [1.807, 2.05) is 0 Å². The van der Waals surface area contributed by atoms with Crippen LogP contribution in [0.3, 0.4) is 0 Å². The quantitative estimate of drug-likeness (QED) is 0.416. The first-order valence-corrected chi connectivity index (χ1v) is 12.6. The summed E-state index contributed by atoms with van der Waals surface area (Å²) in [6.45, 7) is 3.24. The van der Waals surface area contributed by atoms with Gasteiger partial charge in [-0.1, -0.05) is 44.2 Å². The number of hydrogen-bond donors (Lipinski definition) is 3. The molecular weight excluding hydrogens is 440 g/mol. The van der Waals surface area contributed by atoms with E-state index in [2.05, 4.69) is 32.8 Å². The molecule has 1 saturated carbocycles. The minimum Gasteiger partial charge on any atom is -0.495 e. The monoisotopic (exact) mass is 474 g/mol. The Balaban J connectivity index is 1.56. The Morgan fingerprint density at radius 3 is 2.52 bits per heavy atom. The van der Waals surface area contributed by atoms with Gasteiger partial charge in [0.1, 0.15) is 11.5 Å². The zero-order valence-electron chi connectivity index (χ0n) is 19.6. The van der Waals surface area contributed by atoms with E-state index < -0.39 is 0 Å². The molecule has 3 N–H and O–H groups in total. The average molecular weight is 475 g/mol. The van der Waals surface area contributed by atoms with Gasteiger partial charge in [0, 0.05) is 24.2 Å². The SMILES string of the molecule is CCC(Nc1nc(NC2CCCCCC2)nc(Oc2ccc(OC)c(Cl)c2)n1)C1CCCN1. The predicted molar refractivity (Wildman–Crippen MR) is 132 cm³/mol. The fourth-order valence-electron chi connectivity index (χ4n) is 4.66. The van der Waals surface area contributed by atoms with Crippen molar-refractivity contribution < 1.29 is 9.47 Å². The van der Waals surface area contributed by atoms with Gasteiger partial charge in [-0.05, 0) is 50.8 Å². The van der Waals surface area contributed by atoms with Gasteiger partial charge < -0.3 is 25.4 Å². The molecular formula is C24H35ClN6O2. The summed E-state index contributed by atoms with van der Waals surface area (Å²) in [7, 11) is 1.58. The second-order valence-electron chi connectivity index (χ2n) is 8.86. The van der Waals surface area contributed by atoms with Crippen LogP contribution in [0, 0.1) is 0 Å². The van der Waals surface area contributed by atoms with Crippen molar-refractivity contribution >= 4 is 23.5 Å². The van der Waals surface area contributed by atoms with E-state index in [1.165, 1.54) is 32.1 Å². The van der Waals surface area contributed by atoms with Crippen LogP contribution in [0.2, 0.25) is 5.02 Å². The first kappa shape index (κ1) is 23.8. The lowest BCUT2D eigenvalue weighted by Crippen LogP contribution is -2.40. The fourth-order valence-corrected chi connectivity index (χ4v) is 4.91. The summed E-state index contributed by atoms with van der Waals surface area (Å²) < 4.78 is 11.2. The van der Waals surface area contributed by atoms with Crippen molar-refractivity contribution in [3.05, 3.63) is 23.2 Å². The molecule has 1 saturated heterocycles. The van der Waals surface area contributed by atoms with Gasteiger partial charge in [-0.2, -0.15) is 15.0 Å². The van der Waals surface area contributed by atoms with Crippen LogP contribution in [0.15, 0.2) is 18.2 Å². The number of rotatable bonds is 9. The molecule has 1 aliphatic carbocycles. The largest absolute Gasteiger partial charge is 0.495 e. The van der Waals surface area contributed by atoms with E-state index in [1.54, 1.807) is 25.3 Å². The fraction of sp³-hybridized carbons (Fsp3) is 0.625. The predicted octanol–water partition coefficient (Wildman–Crippen LogP) is 5.40. The minimum absolute atomic E-state index is 0.235. The van der Waals surface area contributed by atoms with Gasteiger partial charge in [0.15, 0.2) is 0 Å². The molecule has 180 valence electrons.